The van der Waals surface area contributed by atoms with Crippen LogP contribution in [0.5, 0.6) is 5.75 Å². The lowest BCUT2D eigenvalue weighted by Crippen LogP contribution is -2.24. The molecule has 0 radical (unpaired) electrons. The van der Waals surface area contributed by atoms with Gasteiger partial charge in [-0.3, -0.25) is 4.79 Å². The summed E-state index contributed by atoms with van der Waals surface area (Å²) in [5, 5.41) is 11.7. The standard InChI is InChI=1S/C18H18ClFN4O3S/c1-11(27-15-6-5-12(20)8-14(15)19)17-22-23-18(24(17)2)28-10-16(25)21-9-13-4-3-7-26-13/h3-8,11H,9-10H2,1-2H3,(H,21,25). The summed E-state index contributed by atoms with van der Waals surface area (Å²) in [7, 11) is 1.78. The zero-order valence-electron chi connectivity index (χ0n) is 15.2. The van der Waals surface area contributed by atoms with Gasteiger partial charge in [0.25, 0.3) is 0 Å². The fourth-order valence-corrected chi connectivity index (χ4v) is 3.36. The van der Waals surface area contributed by atoms with Crippen molar-refractivity contribution in [2.24, 2.45) is 7.05 Å². The number of halogens is 2. The van der Waals surface area contributed by atoms with Gasteiger partial charge in [-0.1, -0.05) is 23.4 Å². The van der Waals surface area contributed by atoms with Crippen molar-refractivity contribution in [2.45, 2.75) is 24.7 Å². The van der Waals surface area contributed by atoms with E-state index in [1.54, 1.807) is 36.9 Å². The monoisotopic (exact) mass is 424 g/mol. The first-order valence-corrected chi connectivity index (χ1v) is 9.73. The van der Waals surface area contributed by atoms with Gasteiger partial charge in [0.1, 0.15) is 17.3 Å². The maximum Gasteiger partial charge on any atom is 0.230 e. The van der Waals surface area contributed by atoms with E-state index in [-0.39, 0.29) is 16.7 Å². The van der Waals surface area contributed by atoms with Gasteiger partial charge in [0.15, 0.2) is 17.1 Å². The molecule has 7 nitrogen and oxygen atoms in total. The van der Waals surface area contributed by atoms with Crippen molar-refractivity contribution in [2.75, 3.05) is 5.75 Å². The van der Waals surface area contributed by atoms with Crippen molar-refractivity contribution in [1.29, 1.82) is 0 Å². The van der Waals surface area contributed by atoms with Gasteiger partial charge in [-0.05, 0) is 37.3 Å². The smallest absolute Gasteiger partial charge is 0.230 e. The number of aromatic nitrogens is 3. The minimum absolute atomic E-state index is 0.145. The van der Waals surface area contributed by atoms with Gasteiger partial charge in [0.05, 0.1) is 23.6 Å². The first kappa shape index (κ1) is 20.2. The third-order valence-corrected chi connectivity index (χ3v) is 5.12. The van der Waals surface area contributed by atoms with Crippen LogP contribution in [0.25, 0.3) is 0 Å². The Morgan fingerprint density at radius 2 is 2.25 bits per heavy atom. The lowest BCUT2D eigenvalue weighted by molar-refractivity contribution is -0.118. The molecule has 0 saturated carbocycles. The highest BCUT2D eigenvalue weighted by Crippen LogP contribution is 2.29. The van der Waals surface area contributed by atoms with Crippen LogP contribution in [0.3, 0.4) is 0 Å². The van der Waals surface area contributed by atoms with E-state index in [4.69, 9.17) is 20.8 Å². The largest absolute Gasteiger partial charge is 0.481 e. The number of hydrogen-bond acceptors (Lipinski definition) is 6. The van der Waals surface area contributed by atoms with Gasteiger partial charge >= 0.3 is 0 Å². The number of thioether (sulfide) groups is 1. The molecule has 1 unspecified atom stereocenters. The molecule has 0 saturated heterocycles. The molecule has 1 N–H and O–H groups in total. The summed E-state index contributed by atoms with van der Waals surface area (Å²) in [5.74, 6) is 1.20. The Hall–Kier alpha value is -2.52. The average molecular weight is 425 g/mol. The number of benzene rings is 1. The maximum absolute atomic E-state index is 13.2. The lowest BCUT2D eigenvalue weighted by atomic mass is 10.3. The van der Waals surface area contributed by atoms with Crippen LogP contribution in [0.1, 0.15) is 24.6 Å². The van der Waals surface area contributed by atoms with Crippen molar-refractivity contribution in [3.63, 3.8) is 0 Å². The Morgan fingerprint density at radius 3 is 2.96 bits per heavy atom. The molecule has 1 atom stereocenters. The Morgan fingerprint density at radius 1 is 1.43 bits per heavy atom. The summed E-state index contributed by atoms with van der Waals surface area (Å²) in [4.78, 5) is 12.0. The van der Waals surface area contributed by atoms with E-state index < -0.39 is 11.9 Å². The Balaban J connectivity index is 1.56. The highest BCUT2D eigenvalue weighted by molar-refractivity contribution is 7.99. The Labute approximate surface area is 170 Å². The summed E-state index contributed by atoms with van der Waals surface area (Å²) in [6.07, 6.45) is 1.09. The van der Waals surface area contributed by atoms with Gasteiger partial charge in [-0.2, -0.15) is 0 Å². The molecule has 3 rings (SSSR count). The van der Waals surface area contributed by atoms with E-state index in [0.29, 0.717) is 29.0 Å². The highest BCUT2D eigenvalue weighted by atomic mass is 35.5. The number of furan rings is 1. The van der Waals surface area contributed by atoms with Gasteiger partial charge in [0, 0.05) is 7.05 Å². The molecule has 0 bridgehead atoms. The number of carbonyl (C=O) groups is 1. The van der Waals surface area contributed by atoms with Crippen molar-refractivity contribution in [1.82, 2.24) is 20.1 Å². The van der Waals surface area contributed by atoms with Crippen molar-refractivity contribution in [3.05, 3.63) is 59.0 Å². The van der Waals surface area contributed by atoms with Crippen molar-refractivity contribution < 1.29 is 18.3 Å². The number of nitrogens with one attached hydrogen (secondary N) is 1. The molecule has 10 heteroatoms. The quantitative estimate of drug-likeness (QED) is 0.554. The minimum Gasteiger partial charge on any atom is -0.481 e. The van der Waals surface area contributed by atoms with Crippen LogP contribution in [-0.2, 0) is 18.4 Å². The van der Waals surface area contributed by atoms with Crippen LogP contribution in [0.2, 0.25) is 5.02 Å². The third kappa shape index (κ3) is 5.05. The second-order valence-corrected chi connectivity index (χ2v) is 7.23. The Bertz CT molecular complexity index is 948. The molecule has 28 heavy (non-hydrogen) atoms. The number of hydrogen-bond donors (Lipinski definition) is 1. The van der Waals surface area contributed by atoms with Gasteiger partial charge in [0.2, 0.25) is 5.91 Å². The van der Waals surface area contributed by atoms with Crippen LogP contribution in [0.4, 0.5) is 4.39 Å². The maximum atomic E-state index is 13.2. The van der Waals surface area contributed by atoms with Gasteiger partial charge < -0.3 is 19.0 Å². The topological polar surface area (TPSA) is 82.2 Å². The predicted molar refractivity (Wildman–Crippen MR) is 103 cm³/mol. The average Bonchev–Trinajstić information content (AvgIpc) is 3.30. The third-order valence-electron chi connectivity index (χ3n) is 3.80. The van der Waals surface area contributed by atoms with E-state index in [9.17, 15) is 9.18 Å². The van der Waals surface area contributed by atoms with Gasteiger partial charge in [-0.15, -0.1) is 10.2 Å². The fraction of sp³-hybridized carbons (Fsp3) is 0.278. The molecule has 0 aliphatic carbocycles. The lowest BCUT2D eigenvalue weighted by Gasteiger charge is -2.15. The predicted octanol–water partition coefficient (Wildman–Crippen LogP) is 3.75. The minimum atomic E-state index is -0.470. The zero-order chi connectivity index (χ0) is 20.1. The van der Waals surface area contributed by atoms with E-state index in [2.05, 4.69) is 15.5 Å². The fourth-order valence-electron chi connectivity index (χ4n) is 2.40. The summed E-state index contributed by atoms with van der Waals surface area (Å²) in [6.45, 7) is 2.12. The normalized spacial score (nSPS) is 12.0. The molecule has 0 aliphatic rings. The first-order valence-electron chi connectivity index (χ1n) is 8.37. The van der Waals surface area contributed by atoms with Crippen LogP contribution in [-0.4, -0.2) is 26.4 Å². The molecule has 2 aromatic heterocycles. The van der Waals surface area contributed by atoms with Crippen LogP contribution < -0.4 is 10.1 Å². The van der Waals surface area contributed by atoms with Crippen LogP contribution in [0, 0.1) is 5.82 Å². The number of amides is 1. The number of ether oxygens (including phenoxy) is 1. The highest BCUT2D eigenvalue weighted by Gasteiger charge is 2.19. The van der Waals surface area contributed by atoms with Crippen LogP contribution >= 0.6 is 23.4 Å². The van der Waals surface area contributed by atoms with Crippen LogP contribution in [0.15, 0.2) is 46.2 Å². The summed E-state index contributed by atoms with van der Waals surface area (Å²) < 4.78 is 25.8. The SMILES string of the molecule is CC(Oc1ccc(F)cc1Cl)c1nnc(SCC(=O)NCc2ccco2)n1C. The molecular weight excluding hydrogens is 407 g/mol. The zero-order valence-corrected chi connectivity index (χ0v) is 16.8. The number of carbonyl (C=O) groups excluding carboxylic acids is 1. The molecule has 3 aromatic rings. The number of rotatable bonds is 8. The van der Waals surface area contributed by atoms with Gasteiger partial charge in [-0.25, -0.2) is 4.39 Å². The molecule has 148 valence electrons. The molecule has 1 aromatic carbocycles. The molecule has 1 amide bonds. The Kier molecular flexibility index (Phi) is 6.58. The second kappa shape index (κ2) is 9.11. The summed E-state index contributed by atoms with van der Waals surface area (Å²) >= 11 is 7.25. The molecule has 0 fully saturated rings. The summed E-state index contributed by atoms with van der Waals surface area (Å²) in [6, 6.07) is 7.47. The first-order chi connectivity index (χ1) is 13.4. The van der Waals surface area contributed by atoms with E-state index >= 15 is 0 Å². The molecule has 0 aliphatic heterocycles. The van der Waals surface area contributed by atoms with E-state index in [1.807, 2.05) is 0 Å². The van der Waals surface area contributed by atoms with E-state index in [1.165, 1.54) is 30.0 Å². The molecule has 2 heterocycles. The van der Waals surface area contributed by atoms with E-state index in [0.717, 1.165) is 0 Å². The second-order valence-electron chi connectivity index (χ2n) is 5.88. The summed E-state index contributed by atoms with van der Waals surface area (Å²) in [5.41, 5.74) is 0. The van der Waals surface area contributed by atoms with Crippen molar-refractivity contribution in [3.8, 4) is 5.75 Å². The van der Waals surface area contributed by atoms with Crippen molar-refractivity contribution >= 4 is 29.3 Å². The molecule has 0 spiro atoms. The number of nitrogens with zero attached hydrogens (tertiary/aromatic N) is 3. The molecular formula is C18H18ClFN4O3S.